The Morgan fingerprint density at radius 3 is 2.55 bits per heavy atom. The Morgan fingerprint density at radius 2 is 1.77 bits per heavy atom. The normalized spacial score (nSPS) is 13.7. The smallest absolute Gasteiger partial charge is 0.251 e. The summed E-state index contributed by atoms with van der Waals surface area (Å²) in [5.74, 6) is 0.989. The van der Waals surface area contributed by atoms with Gasteiger partial charge in [-0.25, -0.2) is 0 Å². The third-order valence-corrected chi connectivity index (χ3v) is 5.79. The standard InChI is InChI=1S/C26H28N2O3/c1-18(21-8-7-20-5-3-4-6-22(20)15-21)28-26(29)23-9-10-24(30-2)25(16-23)31-17-19-11-13-27-14-12-19/h7-16,18H,3-6,17H2,1-2H3,(H,28,29). The second kappa shape index (κ2) is 9.65. The van der Waals surface area contributed by atoms with Gasteiger partial charge >= 0.3 is 0 Å². The molecule has 1 unspecified atom stereocenters. The predicted molar refractivity (Wildman–Crippen MR) is 121 cm³/mol. The molecule has 0 radical (unpaired) electrons. The molecule has 160 valence electrons. The van der Waals surface area contributed by atoms with E-state index in [1.165, 1.54) is 24.0 Å². The number of rotatable bonds is 7. The lowest BCUT2D eigenvalue weighted by Gasteiger charge is -2.20. The van der Waals surface area contributed by atoms with Gasteiger partial charge in [-0.3, -0.25) is 9.78 Å². The number of hydrogen-bond acceptors (Lipinski definition) is 4. The topological polar surface area (TPSA) is 60.5 Å². The summed E-state index contributed by atoms with van der Waals surface area (Å²) in [5, 5.41) is 3.11. The second-order valence-corrected chi connectivity index (χ2v) is 7.94. The van der Waals surface area contributed by atoms with Crippen LogP contribution in [0.2, 0.25) is 0 Å². The summed E-state index contributed by atoms with van der Waals surface area (Å²) >= 11 is 0. The van der Waals surface area contributed by atoms with Crippen LogP contribution in [0, 0.1) is 0 Å². The Bertz CT molecular complexity index is 1050. The molecule has 1 heterocycles. The van der Waals surface area contributed by atoms with E-state index in [1.54, 1.807) is 37.7 Å². The second-order valence-electron chi connectivity index (χ2n) is 7.94. The number of hydrogen-bond donors (Lipinski definition) is 1. The van der Waals surface area contributed by atoms with Crippen LogP contribution < -0.4 is 14.8 Å². The van der Waals surface area contributed by atoms with Gasteiger partial charge in [-0.2, -0.15) is 0 Å². The van der Waals surface area contributed by atoms with E-state index in [4.69, 9.17) is 9.47 Å². The number of methoxy groups -OCH3 is 1. The van der Waals surface area contributed by atoms with E-state index in [2.05, 4.69) is 28.5 Å². The molecule has 5 heteroatoms. The van der Waals surface area contributed by atoms with Crippen LogP contribution in [0.1, 0.15) is 58.4 Å². The number of benzene rings is 2. The average Bonchev–Trinajstić information content (AvgIpc) is 2.82. The number of aromatic nitrogens is 1. The minimum atomic E-state index is -0.137. The van der Waals surface area contributed by atoms with Crippen LogP contribution in [0.5, 0.6) is 11.5 Å². The first kappa shape index (κ1) is 20.9. The van der Waals surface area contributed by atoms with E-state index >= 15 is 0 Å². The SMILES string of the molecule is COc1ccc(C(=O)NC(C)c2ccc3c(c2)CCCC3)cc1OCc1ccncc1. The Kier molecular flexibility index (Phi) is 6.51. The Morgan fingerprint density at radius 1 is 1.00 bits per heavy atom. The lowest BCUT2D eigenvalue weighted by Crippen LogP contribution is -2.27. The van der Waals surface area contributed by atoms with Crippen molar-refractivity contribution in [2.75, 3.05) is 7.11 Å². The maximum atomic E-state index is 12.9. The van der Waals surface area contributed by atoms with Gasteiger partial charge in [0.25, 0.3) is 5.91 Å². The van der Waals surface area contributed by atoms with Gasteiger partial charge in [0.15, 0.2) is 11.5 Å². The van der Waals surface area contributed by atoms with Gasteiger partial charge in [0.05, 0.1) is 13.2 Å². The molecular weight excluding hydrogens is 388 g/mol. The zero-order valence-electron chi connectivity index (χ0n) is 18.1. The molecule has 0 saturated heterocycles. The van der Waals surface area contributed by atoms with Crippen LogP contribution in [-0.2, 0) is 19.4 Å². The number of fused-ring (bicyclic) bond motifs is 1. The van der Waals surface area contributed by atoms with Crippen LogP contribution in [0.25, 0.3) is 0 Å². The zero-order chi connectivity index (χ0) is 21.6. The summed E-state index contributed by atoms with van der Waals surface area (Å²) in [4.78, 5) is 16.9. The highest BCUT2D eigenvalue weighted by molar-refractivity contribution is 5.95. The van der Waals surface area contributed by atoms with Gasteiger partial charge in [0.2, 0.25) is 0 Å². The number of nitrogens with zero attached hydrogens (tertiary/aromatic N) is 1. The molecule has 5 nitrogen and oxygen atoms in total. The van der Waals surface area contributed by atoms with Crippen molar-refractivity contribution in [3.05, 3.63) is 88.7 Å². The van der Waals surface area contributed by atoms with E-state index in [1.807, 2.05) is 19.1 Å². The molecule has 31 heavy (non-hydrogen) atoms. The first-order valence-electron chi connectivity index (χ1n) is 10.8. The number of amides is 1. The van der Waals surface area contributed by atoms with E-state index in [0.717, 1.165) is 24.0 Å². The molecule has 0 saturated carbocycles. The maximum Gasteiger partial charge on any atom is 0.251 e. The highest BCUT2D eigenvalue weighted by Crippen LogP contribution is 2.29. The number of ether oxygens (including phenoxy) is 2. The summed E-state index contributed by atoms with van der Waals surface area (Å²) in [7, 11) is 1.59. The van der Waals surface area contributed by atoms with Gasteiger partial charge in [-0.05, 0) is 85.2 Å². The maximum absolute atomic E-state index is 12.9. The first-order valence-corrected chi connectivity index (χ1v) is 10.8. The first-order chi connectivity index (χ1) is 15.1. The number of carbonyl (C=O) groups excluding carboxylic acids is 1. The summed E-state index contributed by atoms with van der Waals surface area (Å²) in [5.41, 5.74) is 5.53. The highest BCUT2D eigenvalue weighted by Gasteiger charge is 2.17. The fourth-order valence-electron chi connectivity index (χ4n) is 3.96. The Balaban J connectivity index is 1.46. The number of pyridine rings is 1. The van der Waals surface area contributed by atoms with Crippen LogP contribution in [0.3, 0.4) is 0 Å². The van der Waals surface area contributed by atoms with Crippen LogP contribution in [0.4, 0.5) is 0 Å². The Hall–Kier alpha value is -3.34. The van der Waals surface area contributed by atoms with Crippen molar-refractivity contribution in [2.24, 2.45) is 0 Å². The van der Waals surface area contributed by atoms with Gasteiger partial charge in [-0.15, -0.1) is 0 Å². The van der Waals surface area contributed by atoms with E-state index in [0.29, 0.717) is 23.7 Å². The summed E-state index contributed by atoms with van der Waals surface area (Å²) < 4.78 is 11.3. The average molecular weight is 417 g/mol. The lowest BCUT2D eigenvalue weighted by molar-refractivity contribution is 0.0939. The van der Waals surface area contributed by atoms with Crippen molar-refractivity contribution in [2.45, 2.75) is 45.3 Å². The van der Waals surface area contributed by atoms with Crippen molar-refractivity contribution >= 4 is 5.91 Å². The summed E-state index contributed by atoms with van der Waals surface area (Å²) in [6.45, 7) is 2.39. The molecule has 1 aliphatic carbocycles. The molecule has 1 atom stereocenters. The van der Waals surface area contributed by atoms with E-state index in [9.17, 15) is 4.79 Å². The molecule has 0 spiro atoms. The summed E-state index contributed by atoms with van der Waals surface area (Å²) in [6, 6.07) is 15.5. The molecule has 3 aromatic rings. The minimum Gasteiger partial charge on any atom is -0.493 e. The van der Waals surface area contributed by atoms with Crippen molar-refractivity contribution in [1.82, 2.24) is 10.3 Å². The lowest BCUT2D eigenvalue weighted by atomic mass is 9.89. The third kappa shape index (κ3) is 5.05. The van der Waals surface area contributed by atoms with Crippen molar-refractivity contribution in [3.63, 3.8) is 0 Å². The molecule has 1 N–H and O–H groups in total. The van der Waals surface area contributed by atoms with Gasteiger partial charge < -0.3 is 14.8 Å². The fraction of sp³-hybridized carbons (Fsp3) is 0.308. The zero-order valence-corrected chi connectivity index (χ0v) is 18.1. The number of carbonyl (C=O) groups is 1. The molecule has 0 fully saturated rings. The van der Waals surface area contributed by atoms with Crippen LogP contribution in [-0.4, -0.2) is 18.0 Å². The molecule has 0 aliphatic heterocycles. The van der Waals surface area contributed by atoms with Crippen LogP contribution >= 0.6 is 0 Å². The third-order valence-electron chi connectivity index (χ3n) is 5.79. The molecule has 1 aliphatic rings. The predicted octanol–water partition coefficient (Wildman–Crippen LogP) is 5.04. The summed E-state index contributed by atoms with van der Waals surface area (Å²) in [6.07, 6.45) is 8.24. The van der Waals surface area contributed by atoms with Crippen molar-refractivity contribution in [1.29, 1.82) is 0 Å². The van der Waals surface area contributed by atoms with E-state index < -0.39 is 0 Å². The van der Waals surface area contributed by atoms with Crippen LogP contribution in [0.15, 0.2) is 60.9 Å². The van der Waals surface area contributed by atoms with Crippen molar-refractivity contribution < 1.29 is 14.3 Å². The fourth-order valence-corrected chi connectivity index (χ4v) is 3.96. The quantitative estimate of drug-likeness (QED) is 0.586. The van der Waals surface area contributed by atoms with Gasteiger partial charge in [-0.1, -0.05) is 18.2 Å². The largest absolute Gasteiger partial charge is 0.493 e. The molecular formula is C26H28N2O3. The van der Waals surface area contributed by atoms with Gasteiger partial charge in [0.1, 0.15) is 6.61 Å². The number of nitrogens with one attached hydrogen (secondary N) is 1. The Labute approximate surface area is 183 Å². The van der Waals surface area contributed by atoms with E-state index in [-0.39, 0.29) is 11.9 Å². The van der Waals surface area contributed by atoms with Gasteiger partial charge in [0, 0.05) is 18.0 Å². The minimum absolute atomic E-state index is 0.0805. The molecule has 1 aromatic heterocycles. The molecule has 4 rings (SSSR count). The monoisotopic (exact) mass is 416 g/mol. The molecule has 1 amide bonds. The number of aryl methyl sites for hydroxylation is 2. The van der Waals surface area contributed by atoms with Crippen molar-refractivity contribution in [3.8, 4) is 11.5 Å². The highest BCUT2D eigenvalue weighted by atomic mass is 16.5. The molecule has 2 aromatic carbocycles. The molecule has 0 bridgehead atoms.